The number of fused-ring (bicyclic) bond motifs is 1. The Morgan fingerprint density at radius 1 is 1.19 bits per heavy atom. The molecule has 0 spiro atoms. The lowest BCUT2D eigenvalue weighted by Crippen LogP contribution is -1.98. The average molecular weight is 347 g/mol. The van der Waals surface area contributed by atoms with Crippen molar-refractivity contribution in [1.29, 1.82) is 0 Å². The lowest BCUT2D eigenvalue weighted by atomic mass is 10.1. The number of hydrogen-bond donors (Lipinski definition) is 1. The van der Waals surface area contributed by atoms with Crippen LogP contribution in [0.2, 0.25) is 0 Å². The van der Waals surface area contributed by atoms with E-state index in [1.165, 1.54) is 0 Å². The van der Waals surface area contributed by atoms with Crippen molar-refractivity contribution in [2.75, 3.05) is 7.11 Å². The number of aliphatic hydroxyl groups is 1. The summed E-state index contributed by atoms with van der Waals surface area (Å²) >= 11 is 3.43. The maximum atomic E-state index is 10.5. The minimum atomic E-state index is -0.806. The van der Waals surface area contributed by atoms with Gasteiger partial charge in [0.2, 0.25) is 0 Å². The smallest absolute Gasteiger partial charge is 0.138 e. The summed E-state index contributed by atoms with van der Waals surface area (Å²) in [7, 11) is 1.61. The van der Waals surface area contributed by atoms with Crippen LogP contribution in [0, 0.1) is 6.92 Å². The number of furan rings is 1. The number of methoxy groups -OCH3 is 1. The summed E-state index contributed by atoms with van der Waals surface area (Å²) in [5.74, 6) is 1.27. The van der Waals surface area contributed by atoms with E-state index in [0.717, 1.165) is 32.3 Å². The first kappa shape index (κ1) is 14.2. The lowest BCUT2D eigenvalue weighted by molar-refractivity contribution is 0.192. The summed E-state index contributed by atoms with van der Waals surface area (Å²) < 4.78 is 11.8. The van der Waals surface area contributed by atoms with Crippen LogP contribution in [0.15, 0.2) is 51.4 Å². The second kappa shape index (κ2) is 5.54. The predicted octanol–water partition coefficient (Wildman–Crippen LogP) is 4.59. The summed E-state index contributed by atoms with van der Waals surface area (Å²) in [5.41, 5.74) is 2.63. The second-order valence-electron chi connectivity index (χ2n) is 4.94. The molecular formula is C17H15BrO3. The lowest BCUT2D eigenvalue weighted by Gasteiger charge is -2.10. The number of ether oxygens (including phenoxy) is 1. The van der Waals surface area contributed by atoms with Crippen LogP contribution in [0.5, 0.6) is 5.75 Å². The van der Waals surface area contributed by atoms with Gasteiger partial charge >= 0.3 is 0 Å². The molecule has 0 aliphatic rings. The zero-order chi connectivity index (χ0) is 15.0. The van der Waals surface area contributed by atoms with Gasteiger partial charge in [-0.05, 0) is 52.2 Å². The second-order valence-corrected chi connectivity index (χ2v) is 5.79. The molecule has 0 amide bonds. The van der Waals surface area contributed by atoms with Gasteiger partial charge in [-0.25, -0.2) is 0 Å². The molecule has 2 aromatic carbocycles. The van der Waals surface area contributed by atoms with Gasteiger partial charge in [-0.2, -0.15) is 0 Å². The van der Waals surface area contributed by atoms with Crippen LogP contribution >= 0.6 is 15.9 Å². The SMILES string of the molecule is COc1ccc(C(O)c2cc3cccc(C)c3o2)cc1Br. The first-order valence-corrected chi connectivity index (χ1v) is 7.40. The molecule has 0 aliphatic carbocycles. The third kappa shape index (κ3) is 2.57. The first-order chi connectivity index (χ1) is 10.1. The zero-order valence-corrected chi connectivity index (χ0v) is 13.3. The minimum absolute atomic E-state index is 0.538. The topological polar surface area (TPSA) is 42.6 Å². The molecule has 0 bridgehead atoms. The first-order valence-electron chi connectivity index (χ1n) is 6.60. The molecule has 1 unspecified atom stereocenters. The van der Waals surface area contributed by atoms with Crippen molar-refractivity contribution in [2.45, 2.75) is 13.0 Å². The van der Waals surface area contributed by atoms with Gasteiger partial charge in [0.15, 0.2) is 0 Å². The molecule has 0 saturated heterocycles. The largest absolute Gasteiger partial charge is 0.496 e. The van der Waals surface area contributed by atoms with Crippen LogP contribution in [-0.2, 0) is 0 Å². The molecule has 4 heteroatoms. The molecule has 3 rings (SSSR count). The van der Waals surface area contributed by atoms with Crippen molar-refractivity contribution >= 4 is 26.9 Å². The maximum absolute atomic E-state index is 10.5. The van der Waals surface area contributed by atoms with Crippen LogP contribution < -0.4 is 4.74 Å². The van der Waals surface area contributed by atoms with Gasteiger partial charge in [-0.1, -0.05) is 24.3 Å². The fourth-order valence-corrected chi connectivity index (χ4v) is 2.94. The Morgan fingerprint density at radius 3 is 2.67 bits per heavy atom. The molecule has 1 atom stereocenters. The standard InChI is InChI=1S/C17H15BrO3/c1-10-4-3-5-12-9-15(21-17(10)12)16(19)11-6-7-14(20-2)13(18)8-11/h3-9,16,19H,1-2H3. The molecule has 1 aromatic heterocycles. The van der Waals surface area contributed by atoms with Crippen LogP contribution in [0.25, 0.3) is 11.0 Å². The Balaban J connectivity index is 2.01. The van der Waals surface area contributed by atoms with Crippen molar-refractivity contribution in [3.05, 3.63) is 63.8 Å². The molecule has 3 aromatic rings. The molecule has 0 aliphatic heterocycles. The monoisotopic (exact) mass is 346 g/mol. The highest BCUT2D eigenvalue weighted by molar-refractivity contribution is 9.10. The molecule has 1 heterocycles. The fraction of sp³-hybridized carbons (Fsp3) is 0.176. The number of aliphatic hydroxyl groups excluding tert-OH is 1. The van der Waals surface area contributed by atoms with Crippen LogP contribution in [0.4, 0.5) is 0 Å². The van der Waals surface area contributed by atoms with Gasteiger partial charge in [0.05, 0.1) is 11.6 Å². The van der Waals surface area contributed by atoms with E-state index in [-0.39, 0.29) is 0 Å². The van der Waals surface area contributed by atoms with Crippen LogP contribution in [0.1, 0.15) is 23.0 Å². The number of rotatable bonds is 3. The Kier molecular flexibility index (Phi) is 3.74. The molecule has 3 nitrogen and oxygen atoms in total. The van der Waals surface area contributed by atoms with Gasteiger partial charge in [-0.3, -0.25) is 0 Å². The quantitative estimate of drug-likeness (QED) is 0.753. The summed E-state index contributed by atoms with van der Waals surface area (Å²) in [6.07, 6.45) is -0.806. The summed E-state index contributed by atoms with van der Waals surface area (Å²) in [5, 5.41) is 11.5. The van der Waals surface area contributed by atoms with Crippen molar-refractivity contribution < 1.29 is 14.3 Å². The highest BCUT2D eigenvalue weighted by atomic mass is 79.9. The molecule has 0 saturated carbocycles. The van der Waals surface area contributed by atoms with E-state index in [9.17, 15) is 5.11 Å². The number of halogens is 1. The third-order valence-corrected chi connectivity index (χ3v) is 4.14. The van der Waals surface area contributed by atoms with Crippen molar-refractivity contribution in [1.82, 2.24) is 0 Å². The molecule has 21 heavy (non-hydrogen) atoms. The number of para-hydroxylation sites is 1. The van der Waals surface area contributed by atoms with E-state index in [1.807, 2.05) is 49.4 Å². The average Bonchev–Trinajstić information content (AvgIpc) is 2.92. The molecule has 0 fully saturated rings. The van der Waals surface area contributed by atoms with Crippen LogP contribution in [0.3, 0.4) is 0 Å². The predicted molar refractivity (Wildman–Crippen MR) is 85.7 cm³/mol. The van der Waals surface area contributed by atoms with Crippen molar-refractivity contribution in [2.24, 2.45) is 0 Å². The van der Waals surface area contributed by atoms with Gasteiger partial charge in [0.1, 0.15) is 23.2 Å². The zero-order valence-electron chi connectivity index (χ0n) is 11.8. The highest BCUT2D eigenvalue weighted by Crippen LogP contribution is 2.33. The van der Waals surface area contributed by atoms with E-state index in [0.29, 0.717) is 5.76 Å². The summed E-state index contributed by atoms with van der Waals surface area (Å²) in [6.45, 7) is 1.99. The maximum Gasteiger partial charge on any atom is 0.138 e. The molecular weight excluding hydrogens is 332 g/mol. The van der Waals surface area contributed by atoms with Gasteiger partial charge in [0.25, 0.3) is 0 Å². The third-order valence-electron chi connectivity index (χ3n) is 3.52. The van der Waals surface area contributed by atoms with E-state index >= 15 is 0 Å². The van der Waals surface area contributed by atoms with Crippen molar-refractivity contribution in [3.63, 3.8) is 0 Å². The van der Waals surface area contributed by atoms with E-state index < -0.39 is 6.10 Å². The van der Waals surface area contributed by atoms with E-state index in [1.54, 1.807) is 7.11 Å². The molecule has 0 radical (unpaired) electrons. The Labute approximate surface area is 131 Å². The minimum Gasteiger partial charge on any atom is -0.496 e. The van der Waals surface area contributed by atoms with E-state index in [4.69, 9.17) is 9.15 Å². The number of benzene rings is 2. The normalized spacial score (nSPS) is 12.6. The summed E-state index contributed by atoms with van der Waals surface area (Å²) in [6, 6.07) is 13.3. The Morgan fingerprint density at radius 2 is 2.00 bits per heavy atom. The van der Waals surface area contributed by atoms with Gasteiger partial charge in [0, 0.05) is 5.39 Å². The Bertz CT molecular complexity index is 792. The molecule has 108 valence electrons. The van der Waals surface area contributed by atoms with E-state index in [2.05, 4.69) is 15.9 Å². The number of hydrogen-bond acceptors (Lipinski definition) is 3. The van der Waals surface area contributed by atoms with Gasteiger partial charge < -0.3 is 14.3 Å². The highest BCUT2D eigenvalue weighted by Gasteiger charge is 2.17. The van der Waals surface area contributed by atoms with Crippen molar-refractivity contribution in [3.8, 4) is 5.75 Å². The number of aryl methyl sites for hydroxylation is 1. The molecule has 1 N–H and O–H groups in total. The fourth-order valence-electron chi connectivity index (χ4n) is 2.38. The Hall–Kier alpha value is -1.78. The van der Waals surface area contributed by atoms with Gasteiger partial charge in [-0.15, -0.1) is 0 Å². The summed E-state index contributed by atoms with van der Waals surface area (Å²) in [4.78, 5) is 0. The van der Waals surface area contributed by atoms with Crippen LogP contribution in [-0.4, -0.2) is 12.2 Å².